The van der Waals surface area contributed by atoms with Gasteiger partial charge in [-0.1, -0.05) is 32.9 Å². The first kappa shape index (κ1) is 17.7. The third-order valence-corrected chi connectivity index (χ3v) is 3.30. The molecule has 0 spiro atoms. The fourth-order valence-corrected chi connectivity index (χ4v) is 1.91. The largest absolute Gasteiger partial charge is 0.326 e. The smallest absolute Gasteiger partial charge is 0.225 e. The summed E-state index contributed by atoms with van der Waals surface area (Å²) >= 11 is 0. The van der Waals surface area contributed by atoms with Crippen LogP contribution in [-0.4, -0.2) is 44.5 Å². The minimum Gasteiger partial charge on any atom is -0.326 e. The van der Waals surface area contributed by atoms with Gasteiger partial charge in [0.2, 0.25) is 5.91 Å². The van der Waals surface area contributed by atoms with Crippen molar-refractivity contribution < 1.29 is 4.79 Å². The van der Waals surface area contributed by atoms with E-state index in [9.17, 15) is 4.79 Å². The van der Waals surface area contributed by atoms with E-state index < -0.39 is 0 Å². The number of likely N-dealkylation sites (N-methyl/N-ethyl adjacent to an activating group) is 1. The van der Waals surface area contributed by atoms with Crippen molar-refractivity contribution in [2.24, 2.45) is 0 Å². The Morgan fingerprint density at radius 2 is 1.71 bits per heavy atom. The summed E-state index contributed by atoms with van der Waals surface area (Å²) in [5.74, 6) is 0.0517. The molecule has 4 heteroatoms. The highest BCUT2D eigenvalue weighted by Crippen LogP contribution is 2.23. The zero-order valence-electron chi connectivity index (χ0n) is 14.0. The number of hydrogen-bond donors (Lipinski definition) is 2. The standard InChI is InChI=1S/C17H29N3O/c1-17(2,3)14-6-8-15(9-7-14)19-16(21)10-11-18-12-13-20(4)5/h6-9,18H,10-13H2,1-5H3,(H,19,21). The minimum atomic E-state index is 0.0517. The van der Waals surface area contributed by atoms with Gasteiger partial charge in [0.1, 0.15) is 0 Å². The van der Waals surface area contributed by atoms with Crippen molar-refractivity contribution in [3.63, 3.8) is 0 Å². The Morgan fingerprint density at radius 3 is 2.24 bits per heavy atom. The molecule has 0 fully saturated rings. The lowest BCUT2D eigenvalue weighted by atomic mass is 9.87. The Labute approximate surface area is 128 Å². The van der Waals surface area contributed by atoms with Crippen LogP contribution in [0.5, 0.6) is 0 Å². The average molecular weight is 291 g/mol. The first-order valence-electron chi connectivity index (χ1n) is 7.55. The van der Waals surface area contributed by atoms with Crippen LogP contribution in [0.2, 0.25) is 0 Å². The molecule has 0 unspecified atom stereocenters. The molecule has 0 saturated heterocycles. The summed E-state index contributed by atoms with van der Waals surface area (Å²) in [4.78, 5) is 13.9. The molecule has 0 aliphatic carbocycles. The maximum absolute atomic E-state index is 11.8. The van der Waals surface area contributed by atoms with Crippen LogP contribution in [0.1, 0.15) is 32.8 Å². The zero-order valence-corrected chi connectivity index (χ0v) is 14.0. The number of amides is 1. The molecule has 0 aromatic heterocycles. The Balaban J connectivity index is 2.31. The van der Waals surface area contributed by atoms with E-state index in [2.05, 4.69) is 48.4 Å². The van der Waals surface area contributed by atoms with Gasteiger partial charge in [0, 0.05) is 31.7 Å². The quantitative estimate of drug-likeness (QED) is 0.759. The summed E-state index contributed by atoms with van der Waals surface area (Å²) in [6, 6.07) is 8.09. The molecule has 0 atom stereocenters. The van der Waals surface area contributed by atoms with Crippen molar-refractivity contribution >= 4 is 11.6 Å². The van der Waals surface area contributed by atoms with E-state index >= 15 is 0 Å². The minimum absolute atomic E-state index is 0.0517. The van der Waals surface area contributed by atoms with Crippen molar-refractivity contribution in [2.75, 3.05) is 39.0 Å². The van der Waals surface area contributed by atoms with Crippen molar-refractivity contribution in [1.29, 1.82) is 0 Å². The van der Waals surface area contributed by atoms with E-state index in [4.69, 9.17) is 0 Å². The lowest BCUT2D eigenvalue weighted by Gasteiger charge is -2.19. The highest BCUT2D eigenvalue weighted by atomic mass is 16.1. The van der Waals surface area contributed by atoms with Crippen LogP contribution >= 0.6 is 0 Å². The number of nitrogens with one attached hydrogen (secondary N) is 2. The Bertz CT molecular complexity index is 432. The monoisotopic (exact) mass is 291 g/mol. The van der Waals surface area contributed by atoms with E-state index in [-0.39, 0.29) is 11.3 Å². The number of hydrogen-bond acceptors (Lipinski definition) is 3. The number of benzene rings is 1. The lowest BCUT2D eigenvalue weighted by molar-refractivity contribution is -0.116. The summed E-state index contributed by atoms with van der Waals surface area (Å²) in [6.45, 7) is 9.14. The van der Waals surface area contributed by atoms with Gasteiger partial charge in [-0.2, -0.15) is 0 Å². The summed E-state index contributed by atoms with van der Waals surface area (Å²) in [6.07, 6.45) is 0.494. The van der Waals surface area contributed by atoms with Gasteiger partial charge in [0.25, 0.3) is 0 Å². The first-order valence-corrected chi connectivity index (χ1v) is 7.55. The molecule has 0 bridgehead atoms. The third kappa shape index (κ3) is 7.25. The maximum atomic E-state index is 11.8. The second-order valence-electron chi connectivity index (χ2n) is 6.68. The Hall–Kier alpha value is -1.39. The van der Waals surface area contributed by atoms with Crippen LogP contribution in [0.4, 0.5) is 5.69 Å². The normalized spacial score (nSPS) is 11.7. The second kappa shape index (κ2) is 8.15. The zero-order chi connectivity index (χ0) is 15.9. The maximum Gasteiger partial charge on any atom is 0.225 e. The highest BCUT2D eigenvalue weighted by molar-refractivity contribution is 5.90. The molecule has 0 radical (unpaired) electrons. The molecule has 4 nitrogen and oxygen atoms in total. The number of carbonyl (C=O) groups excluding carboxylic acids is 1. The lowest BCUT2D eigenvalue weighted by Crippen LogP contribution is -2.29. The van der Waals surface area contributed by atoms with E-state index in [1.807, 2.05) is 26.2 Å². The summed E-state index contributed by atoms with van der Waals surface area (Å²) < 4.78 is 0. The molecular formula is C17H29N3O. The SMILES string of the molecule is CN(C)CCNCCC(=O)Nc1ccc(C(C)(C)C)cc1. The molecule has 21 heavy (non-hydrogen) atoms. The predicted molar refractivity (Wildman–Crippen MR) is 89.8 cm³/mol. The van der Waals surface area contributed by atoms with Gasteiger partial charge in [-0.3, -0.25) is 4.79 Å². The van der Waals surface area contributed by atoms with Crippen molar-refractivity contribution in [3.05, 3.63) is 29.8 Å². The van der Waals surface area contributed by atoms with Crippen LogP contribution in [0.25, 0.3) is 0 Å². The summed E-state index contributed by atoms with van der Waals surface area (Å²) in [7, 11) is 4.07. The molecule has 1 amide bonds. The van der Waals surface area contributed by atoms with E-state index in [0.29, 0.717) is 13.0 Å². The number of anilines is 1. The van der Waals surface area contributed by atoms with Gasteiger partial charge in [-0.15, -0.1) is 0 Å². The molecule has 2 N–H and O–H groups in total. The van der Waals surface area contributed by atoms with Crippen LogP contribution in [0.15, 0.2) is 24.3 Å². The molecule has 1 aromatic rings. The average Bonchev–Trinajstić information content (AvgIpc) is 2.37. The van der Waals surface area contributed by atoms with E-state index in [0.717, 1.165) is 18.8 Å². The topological polar surface area (TPSA) is 44.4 Å². The van der Waals surface area contributed by atoms with Gasteiger partial charge in [-0.05, 0) is 37.2 Å². The predicted octanol–water partition coefficient (Wildman–Crippen LogP) is 2.46. The number of rotatable bonds is 7. The number of carbonyl (C=O) groups is 1. The van der Waals surface area contributed by atoms with Gasteiger partial charge in [-0.25, -0.2) is 0 Å². The fourth-order valence-electron chi connectivity index (χ4n) is 1.91. The number of nitrogens with zero attached hydrogens (tertiary/aromatic N) is 1. The van der Waals surface area contributed by atoms with Gasteiger partial charge in [0.15, 0.2) is 0 Å². The summed E-state index contributed by atoms with van der Waals surface area (Å²) in [5, 5.41) is 6.19. The van der Waals surface area contributed by atoms with Crippen molar-refractivity contribution in [1.82, 2.24) is 10.2 Å². The molecule has 1 aromatic carbocycles. The van der Waals surface area contributed by atoms with E-state index in [1.54, 1.807) is 0 Å². The Kier molecular flexibility index (Phi) is 6.85. The van der Waals surface area contributed by atoms with Crippen molar-refractivity contribution in [3.8, 4) is 0 Å². The Morgan fingerprint density at radius 1 is 1.10 bits per heavy atom. The van der Waals surface area contributed by atoms with Gasteiger partial charge in [0.05, 0.1) is 0 Å². The molecule has 0 aliphatic heterocycles. The molecule has 0 heterocycles. The molecular weight excluding hydrogens is 262 g/mol. The van der Waals surface area contributed by atoms with E-state index in [1.165, 1.54) is 5.56 Å². The summed E-state index contributed by atoms with van der Waals surface area (Å²) in [5.41, 5.74) is 2.27. The molecule has 118 valence electrons. The van der Waals surface area contributed by atoms with Crippen LogP contribution in [-0.2, 0) is 10.2 Å². The van der Waals surface area contributed by atoms with Crippen molar-refractivity contribution in [2.45, 2.75) is 32.6 Å². The van der Waals surface area contributed by atoms with Gasteiger partial charge >= 0.3 is 0 Å². The van der Waals surface area contributed by atoms with Crippen LogP contribution < -0.4 is 10.6 Å². The first-order chi connectivity index (χ1) is 9.79. The molecule has 0 aliphatic rings. The molecule has 1 rings (SSSR count). The van der Waals surface area contributed by atoms with Crippen LogP contribution in [0.3, 0.4) is 0 Å². The second-order valence-corrected chi connectivity index (χ2v) is 6.68. The fraction of sp³-hybridized carbons (Fsp3) is 0.588. The van der Waals surface area contributed by atoms with Gasteiger partial charge < -0.3 is 15.5 Å². The third-order valence-electron chi connectivity index (χ3n) is 3.30. The molecule has 0 saturated carbocycles. The van der Waals surface area contributed by atoms with Crippen LogP contribution in [0, 0.1) is 0 Å². The highest BCUT2D eigenvalue weighted by Gasteiger charge is 2.13.